The normalized spacial score (nSPS) is 12.2. The highest BCUT2D eigenvalue weighted by Gasteiger charge is 2.21. The molecule has 1 unspecified atom stereocenters. The number of carbonyl (C=O) groups excluding carboxylic acids is 2. The first-order valence-electron chi connectivity index (χ1n) is 5.46. The Morgan fingerprint density at radius 3 is 2.76 bits per heavy atom. The molecule has 0 amide bonds. The van der Waals surface area contributed by atoms with Crippen LogP contribution >= 0.6 is 0 Å². The summed E-state index contributed by atoms with van der Waals surface area (Å²) in [5.41, 5.74) is 1.22. The van der Waals surface area contributed by atoms with Crippen LogP contribution in [0.1, 0.15) is 36.1 Å². The van der Waals surface area contributed by atoms with E-state index < -0.39 is 6.04 Å². The molecule has 0 saturated carbocycles. The van der Waals surface area contributed by atoms with Crippen molar-refractivity contribution < 1.29 is 19.1 Å². The van der Waals surface area contributed by atoms with Gasteiger partial charge in [0.25, 0.3) is 0 Å². The van der Waals surface area contributed by atoms with Crippen molar-refractivity contribution >= 4 is 12.3 Å². The fraction of sp³-hybridized carbons (Fsp3) is 0.500. The maximum atomic E-state index is 11.7. The molecule has 0 spiro atoms. The van der Waals surface area contributed by atoms with Crippen LogP contribution in [-0.4, -0.2) is 30.5 Å². The van der Waals surface area contributed by atoms with E-state index in [2.05, 4.69) is 0 Å². The molecule has 1 rings (SSSR count). The number of nitrogens with zero attached hydrogens (tertiary/aromatic N) is 1. The van der Waals surface area contributed by atoms with Crippen molar-refractivity contribution in [3.8, 4) is 0 Å². The third kappa shape index (κ3) is 2.94. The van der Waals surface area contributed by atoms with E-state index >= 15 is 0 Å². The Balaban J connectivity index is 3.04. The molecule has 0 aliphatic rings. The van der Waals surface area contributed by atoms with Gasteiger partial charge in [-0.1, -0.05) is 0 Å². The highest BCUT2D eigenvalue weighted by atomic mass is 16.5. The lowest BCUT2D eigenvalue weighted by molar-refractivity contribution is -0.146. The highest BCUT2D eigenvalue weighted by molar-refractivity contribution is 5.78. The first-order chi connectivity index (χ1) is 8.15. The second-order valence-electron chi connectivity index (χ2n) is 3.60. The molecule has 94 valence electrons. The van der Waals surface area contributed by atoms with Crippen molar-refractivity contribution in [2.45, 2.75) is 26.5 Å². The van der Waals surface area contributed by atoms with E-state index in [9.17, 15) is 9.59 Å². The molecule has 0 aliphatic heterocycles. The van der Waals surface area contributed by atoms with Crippen LogP contribution in [0.3, 0.4) is 0 Å². The van der Waals surface area contributed by atoms with Crippen molar-refractivity contribution in [1.29, 1.82) is 0 Å². The lowest BCUT2D eigenvalue weighted by Crippen LogP contribution is -2.22. The van der Waals surface area contributed by atoms with Crippen LogP contribution in [0.2, 0.25) is 0 Å². The first kappa shape index (κ1) is 13.4. The molecule has 0 N–H and O–H groups in total. The second-order valence-corrected chi connectivity index (χ2v) is 3.60. The molecule has 1 aromatic rings. The number of aldehydes is 1. The molecule has 0 radical (unpaired) electrons. The van der Waals surface area contributed by atoms with E-state index in [1.54, 1.807) is 37.7 Å². The molecule has 1 atom stereocenters. The summed E-state index contributed by atoms with van der Waals surface area (Å²) in [6.07, 6.45) is 0.717. The molecule has 0 saturated heterocycles. The molecule has 17 heavy (non-hydrogen) atoms. The minimum absolute atomic E-state index is 0.320. The standard InChI is InChI=1S/C12H17NO4/c1-4-17-12(15)9(2)13-10(7-14)5-6-11(13)8-16-3/h5-7,9H,4,8H2,1-3H3. The quantitative estimate of drug-likeness (QED) is 0.558. The van der Waals surface area contributed by atoms with Gasteiger partial charge < -0.3 is 14.0 Å². The summed E-state index contributed by atoms with van der Waals surface area (Å²) in [5.74, 6) is -0.357. The van der Waals surface area contributed by atoms with Crippen LogP contribution in [0.25, 0.3) is 0 Å². The Morgan fingerprint density at radius 1 is 1.53 bits per heavy atom. The third-order valence-electron chi connectivity index (χ3n) is 2.46. The number of aromatic nitrogens is 1. The Morgan fingerprint density at radius 2 is 2.24 bits per heavy atom. The van der Waals surface area contributed by atoms with Gasteiger partial charge in [0.1, 0.15) is 6.04 Å². The number of hydrogen-bond acceptors (Lipinski definition) is 4. The van der Waals surface area contributed by atoms with Crippen molar-refractivity contribution in [3.05, 3.63) is 23.5 Å². The summed E-state index contributed by atoms with van der Waals surface area (Å²) in [7, 11) is 1.56. The summed E-state index contributed by atoms with van der Waals surface area (Å²) >= 11 is 0. The number of rotatable bonds is 6. The minimum Gasteiger partial charge on any atom is -0.464 e. The summed E-state index contributed by atoms with van der Waals surface area (Å²) in [6, 6.07) is 2.90. The maximum absolute atomic E-state index is 11.7. The van der Waals surface area contributed by atoms with Crippen LogP contribution in [0.4, 0.5) is 0 Å². The predicted octanol–water partition coefficient (Wildman–Crippen LogP) is 1.57. The average Bonchev–Trinajstić information content (AvgIpc) is 2.72. The predicted molar refractivity (Wildman–Crippen MR) is 61.9 cm³/mol. The lowest BCUT2D eigenvalue weighted by atomic mass is 10.3. The van der Waals surface area contributed by atoms with Gasteiger partial charge in [-0.2, -0.15) is 0 Å². The van der Waals surface area contributed by atoms with Crippen LogP contribution in [-0.2, 0) is 20.9 Å². The average molecular weight is 239 g/mol. The van der Waals surface area contributed by atoms with Gasteiger partial charge in [0.15, 0.2) is 6.29 Å². The van der Waals surface area contributed by atoms with Gasteiger partial charge in [-0.25, -0.2) is 4.79 Å². The summed E-state index contributed by atoms with van der Waals surface area (Å²) in [4.78, 5) is 22.6. The molecule has 1 aromatic heterocycles. The van der Waals surface area contributed by atoms with Crippen molar-refractivity contribution in [1.82, 2.24) is 4.57 Å². The lowest BCUT2D eigenvalue weighted by Gasteiger charge is -2.17. The molecule has 5 nitrogen and oxygen atoms in total. The van der Waals surface area contributed by atoms with Crippen molar-refractivity contribution in [3.63, 3.8) is 0 Å². The molecule has 0 fully saturated rings. The Bertz CT molecular complexity index is 397. The van der Waals surface area contributed by atoms with Crippen LogP contribution in [0.5, 0.6) is 0 Å². The molecule has 0 aliphatic carbocycles. The van der Waals surface area contributed by atoms with Gasteiger partial charge in [0, 0.05) is 12.8 Å². The molecular formula is C12H17NO4. The van der Waals surface area contributed by atoms with Crippen LogP contribution in [0.15, 0.2) is 12.1 Å². The van der Waals surface area contributed by atoms with E-state index in [0.717, 1.165) is 12.0 Å². The highest BCUT2D eigenvalue weighted by Crippen LogP contribution is 2.17. The van der Waals surface area contributed by atoms with Gasteiger partial charge in [-0.05, 0) is 26.0 Å². The maximum Gasteiger partial charge on any atom is 0.328 e. The fourth-order valence-corrected chi connectivity index (χ4v) is 1.71. The van der Waals surface area contributed by atoms with E-state index in [4.69, 9.17) is 9.47 Å². The van der Waals surface area contributed by atoms with E-state index in [1.165, 1.54) is 0 Å². The molecule has 0 bridgehead atoms. The van der Waals surface area contributed by atoms with Gasteiger partial charge in [-0.3, -0.25) is 4.79 Å². The zero-order valence-corrected chi connectivity index (χ0v) is 10.3. The smallest absolute Gasteiger partial charge is 0.328 e. The second kappa shape index (κ2) is 6.20. The van der Waals surface area contributed by atoms with E-state index in [1.807, 2.05) is 0 Å². The van der Waals surface area contributed by atoms with Crippen LogP contribution < -0.4 is 0 Å². The molecule has 0 aromatic carbocycles. The molecule has 5 heteroatoms. The van der Waals surface area contributed by atoms with Gasteiger partial charge in [0.2, 0.25) is 0 Å². The van der Waals surface area contributed by atoms with Crippen molar-refractivity contribution in [2.75, 3.05) is 13.7 Å². The fourth-order valence-electron chi connectivity index (χ4n) is 1.71. The monoisotopic (exact) mass is 239 g/mol. The molecule has 1 heterocycles. The van der Waals surface area contributed by atoms with E-state index in [-0.39, 0.29) is 5.97 Å². The first-order valence-corrected chi connectivity index (χ1v) is 5.46. The SMILES string of the molecule is CCOC(=O)C(C)n1c(C=O)ccc1COC. The zero-order chi connectivity index (χ0) is 12.8. The number of esters is 1. The topological polar surface area (TPSA) is 57.5 Å². The number of carbonyl (C=O) groups is 2. The third-order valence-corrected chi connectivity index (χ3v) is 2.46. The Kier molecular flexibility index (Phi) is 4.90. The number of hydrogen-bond donors (Lipinski definition) is 0. The van der Waals surface area contributed by atoms with Gasteiger partial charge in [-0.15, -0.1) is 0 Å². The van der Waals surface area contributed by atoms with Gasteiger partial charge >= 0.3 is 5.97 Å². The van der Waals surface area contributed by atoms with Crippen LogP contribution in [0, 0.1) is 0 Å². The van der Waals surface area contributed by atoms with Gasteiger partial charge in [0.05, 0.1) is 18.9 Å². The Hall–Kier alpha value is -1.62. The zero-order valence-electron chi connectivity index (χ0n) is 10.3. The Labute approximate surface area is 100 Å². The number of methoxy groups -OCH3 is 1. The van der Waals surface area contributed by atoms with Crippen molar-refractivity contribution in [2.24, 2.45) is 0 Å². The summed E-state index contributed by atoms with van der Waals surface area (Å²) in [6.45, 7) is 4.11. The summed E-state index contributed by atoms with van der Waals surface area (Å²) in [5, 5.41) is 0. The largest absolute Gasteiger partial charge is 0.464 e. The summed E-state index contributed by atoms with van der Waals surface area (Å²) < 4.78 is 11.6. The number of ether oxygens (including phenoxy) is 2. The van der Waals surface area contributed by atoms with E-state index in [0.29, 0.717) is 18.9 Å². The molecular weight excluding hydrogens is 222 g/mol. The minimum atomic E-state index is -0.532.